The average molecular weight is 633 g/mol. The molecule has 0 bridgehead atoms. The molecule has 0 saturated heterocycles. The molecule has 0 unspecified atom stereocenters. The van der Waals surface area contributed by atoms with E-state index < -0.39 is 78.1 Å². The number of aliphatic carboxylic acids is 1. The third kappa shape index (κ3) is 5.36. The summed E-state index contributed by atoms with van der Waals surface area (Å²) >= 11 is 11.5. The molecule has 0 aliphatic heterocycles. The predicted octanol–water partition coefficient (Wildman–Crippen LogP) is 7.85. The van der Waals surface area contributed by atoms with Crippen molar-refractivity contribution in [1.29, 1.82) is 5.26 Å². The van der Waals surface area contributed by atoms with Crippen molar-refractivity contribution in [2.24, 2.45) is 0 Å². The summed E-state index contributed by atoms with van der Waals surface area (Å²) < 4.78 is 99.6. The van der Waals surface area contributed by atoms with Crippen molar-refractivity contribution < 1.29 is 47.6 Å². The van der Waals surface area contributed by atoms with Crippen molar-refractivity contribution in [2.45, 2.75) is 29.8 Å². The quantitative estimate of drug-likeness (QED) is 0.256. The number of amides is 1. The molecule has 0 radical (unpaired) electrons. The van der Waals surface area contributed by atoms with Crippen LogP contribution in [-0.2, 0) is 21.6 Å². The first-order valence-corrected chi connectivity index (χ1v) is 13.4. The van der Waals surface area contributed by atoms with Crippen molar-refractivity contribution in [2.75, 3.05) is 5.32 Å². The van der Waals surface area contributed by atoms with Crippen molar-refractivity contribution in [3.05, 3.63) is 68.8 Å². The van der Waals surface area contributed by atoms with Gasteiger partial charge in [-0.2, -0.15) is 10.4 Å². The minimum Gasteiger partial charge on any atom is -0.481 e. The number of carbonyl (C=O) groups excluding carboxylic acids is 1. The Bertz CT molecular complexity index is 1640. The van der Waals surface area contributed by atoms with Crippen molar-refractivity contribution >= 4 is 51.3 Å². The zero-order chi connectivity index (χ0) is 29.9. The third-order valence-corrected chi connectivity index (χ3v) is 8.05. The molecule has 1 heterocycles. The van der Waals surface area contributed by atoms with Gasteiger partial charge in [0, 0.05) is 11.6 Å². The normalized spacial score (nSPS) is 15.9. The van der Waals surface area contributed by atoms with Crippen LogP contribution in [0.25, 0.3) is 5.69 Å². The molecule has 2 aromatic carbocycles. The standard InChI is InChI=1S/C22H13Cl2F7N4O4S/c23-17-14(3-4-15(18(17)24)40(27,28,29,30)31)35-19(16(13(8-32)34-35)22(5-6-22)20(36)37)33-21(38)39-9-10-1-2-11(25)7-12(10)26/h1-4,7H,5-6,9H2,(H,33,38)(H,36,37). The van der Waals surface area contributed by atoms with Gasteiger partial charge in [-0.05, 0) is 37.1 Å². The highest BCUT2D eigenvalue weighted by molar-refractivity contribution is 8.45. The van der Waals surface area contributed by atoms with Gasteiger partial charge in [-0.3, -0.25) is 10.1 Å². The number of hydrogen-bond acceptors (Lipinski definition) is 5. The number of carbonyl (C=O) groups is 2. The average Bonchev–Trinajstić information content (AvgIpc) is 3.55. The molecule has 2 N–H and O–H groups in total. The molecule has 214 valence electrons. The Morgan fingerprint density at radius 2 is 1.77 bits per heavy atom. The van der Waals surface area contributed by atoms with E-state index in [2.05, 4.69) is 10.4 Å². The highest BCUT2D eigenvalue weighted by atomic mass is 35.5. The van der Waals surface area contributed by atoms with Crippen LogP contribution in [0.15, 0.2) is 35.2 Å². The zero-order valence-corrected chi connectivity index (χ0v) is 21.7. The number of benzene rings is 2. The largest absolute Gasteiger partial charge is 0.481 e. The van der Waals surface area contributed by atoms with Crippen molar-refractivity contribution in [3.8, 4) is 11.8 Å². The lowest BCUT2D eigenvalue weighted by Gasteiger charge is -2.41. The topological polar surface area (TPSA) is 117 Å². The Balaban J connectivity index is 1.83. The molecule has 1 aromatic heterocycles. The summed E-state index contributed by atoms with van der Waals surface area (Å²) in [6, 6.07) is 4.35. The minimum absolute atomic E-state index is 0.0368. The Hall–Kier alpha value is -3.68. The number of hydrogen-bond donors (Lipinski definition) is 2. The number of halogens is 9. The van der Waals surface area contributed by atoms with Gasteiger partial charge in [-0.15, -0.1) is 0 Å². The van der Waals surface area contributed by atoms with Crippen LogP contribution < -0.4 is 5.32 Å². The van der Waals surface area contributed by atoms with E-state index in [1.807, 2.05) is 0 Å². The number of nitrogens with zero attached hydrogens (tertiary/aromatic N) is 3. The van der Waals surface area contributed by atoms with Crippen LogP contribution in [0.1, 0.15) is 29.7 Å². The molecule has 1 aliphatic carbocycles. The number of carboxylic acid groups (broad SMARTS) is 1. The molecule has 0 spiro atoms. The van der Waals surface area contributed by atoms with Gasteiger partial charge in [0.25, 0.3) is 0 Å². The van der Waals surface area contributed by atoms with E-state index in [0.29, 0.717) is 16.8 Å². The van der Waals surface area contributed by atoms with Gasteiger partial charge in [0.05, 0.1) is 26.7 Å². The summed E-state index contributed by atoms with van der Waals surface area (Å²) in [6.07, 6.45) is -1.46. The molecule has 8 nitrogen and oxygen atoms in total. The van der Waals surface area contributed by atoms with Crippen molar-refractivity contribution in [1.82, 2.24) is 9.78 Å². The number of ether oxygens (including phenoxy) is 1. The SMILES string of the molecule is N#Cc1nn(-c2ccc(S(F)(F)(F)(F)F)c(Cl)c2Cl)c(NC(=O)OCc2ccc(F)cc2F)c1C1(C(=O)O)CC1. The molecule has 18 heteroatoms. The van der Waals surface area contributed by atoms with E-state index >= 15 is 0 Å². The summed E-state index contributed by atoms with van der Waals surface area (Å²) in [5.41, 5.74) is -3.62. The molecule has 1 fully saturated rings. The molecule has 4 rings (SSSR count). The second-order valence-electron chi connectivity index (χ2n) is 8.60. The molecular weight excluding hydrogens is 620 g/mol. The fraction of sp³-hybridized carbons (Fsp3) is 0.182. The van der Waals surface area contributed by atoms with Crippen LogP contribution in [0.4, 0.5) is 38.8 Å². The highest BCUT2D eigenvalue weighted by Gasteiger charge is 2.67. The Labute approximate surface area is 229 Å². The molecule has 1 aliphatic rings. The van der Waals surface area contributed by atoms with Gasteiger partial charge < -0.3 is 9.84 Å². The van der Waals surface area contributed by atoms with E-state index in [-0.39, 0.29) is 30.0 Å². The van der Waals surface area contributed by atoms with Crippen LogP contribution >= 0.6 is 33.4 Å². The number of nitriles is 1. The Morgan fingerprint density at radius 1 is 1.12 bits per heavy atom. The maximum Gasteiger partial charge on any atom is 0.413 e. The van der Waals surface area contributed by atoms with Gasteiger partial charge in [0.2, 0.25) is 0 Å². The summed E-state index contributed by atoms with van der Waals surface area (Å²) in [5, 5.41) is 22.6. The van der Waals surface area contributed by atoms with Gasteiger partial charge in [0.15, 0.2) is 5.69 Å². The Kier molecular flexibility index (Phi) is 6.53. The zero-order valence-electron chi connectivity index (χ0n) is 19.3. The predicted molar refractivity (Wildman–Crippen MR) is 128 cm³/mol. The summed E-state index contributed by atoms with van der Waals surface area (Å²) in [7, 11) is -10.3. The fourth-order valence-electron chi connectivity index (χ4n) is 3.83. The lowest BCUT2D eigenvalue weighted by atomic mass is 9.95. The lowest BCUT2D eigenvalue weighted by molar-refractivity contribution is -0.140. The maximum absolute atomic E-state index is 13.9. The van der Waals surface area contributed by atoms with E-state index in [4.69, 9.17) is 27.9 Å². The first kappa shape index (κ1) is 29.3. The molecular formula is C22H13Cl2F7N4O4S. The van der Waals surface area contributed by atoms with E-state index in [1.165, 1.54) is 0 Å². The second kappa shape index (κ2) is 8.91. The Morgan fingerprint density at radius 3 is 2.30 bits per heavy atom. The van der Waals surface area contributed by atoms with Gasteiger partial charge >= 0.3 is 22.3 Å². The van der Waals surface area contributed by atoms with Crippen LogP contribution in [0, 0.1) is 23.0 Å². The van der Waals surface area contributed by atoms with Gasteiger partial charge in [-0.1, -0.05) is 42.6 Å². The van der Waals surface area contributed by atoms with Gasteiger partial charge in [-0.25, -0.2) is 18.3 Å². The maximum atomic E-state index is 13.9. The van der Waals surface area contributed by atoms with Crippen LogP contribution in [0.3, 0.4) is 0 Å². The fourth-order valence-corrected chi connectivity index (χ4v) is 5.50. The van der Waals surface area contributed by atoms with Crippen molar-refractivity contribution in [3.63, 3.8) is 0 Å². The van der Waals surface area contributed by atoms with E-state index in [1.54, 1.807) is 6.07 Å². The third-order valence-electron chi connectivity index (χ3n) is 5.89. The smallest absolute Gasteiger partial charge is 0.413 e. The molecule has 40 heavy (non-hydrogen) atoms. The van der Waals surface area contributed by atoms with Gasteiger partial charge in [0.1, 0.15) is 35.0 Å². The van der Waals surface area contributed by atoms with E-state index in [0.717, 1.165) is 12.1 Å². The number of rotatable bonds is 7. The van der Waals surface area contributed by atoms with Crippen LogP contribution in [-0.4, -0.2) is 26.9 Å². The second-order valence-corrected chi connectivity index (χ2v) is 11.7. The summed E-state index contributed by atoms with van der Waals surface area (Å²) in [5.74, 6) is -4.01. The van der Waals surface area contributed by atoms with Crippen LogP contribution in [0.5, 0.6) is 0 Å². The first-order valence-electron chi connectivity index (χ1n) is 10.7. The number of aromatic nitrogens is 2. The van der Waals surface area contributed by atoms with Crippen LogP contribution in [0.2, 0.25) is 10.0 Å². The number of carboxylic acids is 1. The summed E-state index contributed by atoms with van der Waals surface area (Å²) in [4.78, 5) is 22.2. The molecule has 1 amide bonds. The molecule has 1 saturated carbocycles. The molecule has 0 atom stereocenters. The minimum atomic E-state index is -10.3. The number of nitrogens with one attached hydrogen (secondary N) is 1. The highest BCUT2D eigenvalue weighted by Crippen LogP contribution is 3.02. The molecule has 3 aromatic rings. The number of anilines is 1. The monoisotopic (exact) mass is 632 g/mol. The first-order chi connectivity index (χ1) is 18.3. The van der Waals surface area contributed by atoms with E-state index in [9.17, 15) is 48.2 Å². The summed E-state index contributed by atoms with van der Waals surface area (Å²) in [6.45, 7) is -0.748. The lowest BCUT2D eigenvalue weighted by Crippen LogP contribution is -2.24.